The van der Waals surface area contributed by atoms with Crippen molar-refractivity contribution in [2.24, 2.45) is 23.7 Å². The van der Waals surface area contributed by atoms with E-state index in [0.29, 0.717) is 29.9 Å². The maximum atomic E-state index is 13.4. The van der Waals surface area contributed by atoms with Gasteiger partial charge < -0.3 is 19.1 Å². The normalized spacial score (nSPS) is 32.0. The lowest BCUT2D eigenvalue weighted by Gasteiger charge is -2.47. The van der Waals surface area contributed by atoms with Crippen molar-refractivity contribution in [2.75, 3.05) is 37.8 Å². The van der Waals surface area contributed by atoms with E-state index in [2.05, 4.69) is 47.7 Å². The largest absolute Gasteiger partial charge is 0.491 e. The van der Waals surface area contributed by atoms with Gasteiger partial charge in [0.15, 0.2) is 6.29 Å². The van der Waals surface area contributed by atoms with Crippen molar-refractivity contribution >= 4 is 22.6 Å². The number of nitrogens with zero attached hydrogens (tertiary/aromatic N) is 1. The molecule has 1 N–H and O–H groups in total. The number of hydrogen-bond donors (Lipinski definition) is 1. The summed E-state index contributed by atoms with van der Waals surface area (Å²) in [7, 11) is -1.48. The molecule has 1 aliphatic carbocycles. The SMILES string of the molecule is CCCc1ccccc1C1COc2ccc3cc2N(C1)CC1CCC1C(C1OCCCO1)CCCC(C)C(C)S(=O)NC3=O. The van der Waals surface area contributed by atoms with E-state index in [1.165, 1.54) is 24.0 Å². The van der Waals surface area contributed by atoms with Crippen LogP contribution in [0.25, 0.3) is 0 Å². The van der Waals surface area contributed by atoms with Crippen molar-refractivity contribution in [1.82, 2.24) is 4.72 Å². The van der Waals surface area contributed by atoms with E-state index in [1.54, 1.807) is 0 Å². The molecule has 7 nitrogen and oxygen atoms in total. The zero-order valence-electron chi connectivity index (χ0n) is 26.7. The van der Waals surface area contributed by atoms with E-state index in [0.717, 1.165) is 76.3 Å². The fraction of sp³-hybridized carbons (Fsp3) is 0.639. The maximum absolute atomic E-state index is 13.4. The minimum atomic E-state index is -1.48. The van der Waals surface area contributed by atoms with E-state index < -0.39 is 11.0 Å². The number of aryl methyl sites for hydroxylation is 1. The molecule has 7 unspecified atom stereocenters. The lowest BCUT2D eigenvalue weighted by atomic mass is 9.65. The van der Waals surface area contributed by atoms with Crippen molar-refractivity contribution < 1.29 is 23.2 Å². The summed E-state index contributed by atoms with van der Waals surface area (Å²) in [4.78, 5) is 15.9. The lowest BCUT2D eigenvalue weighted by molar-refractivity contribution is -0.224. The average molecular weight is 623 g/mol. The zero-order chi connectivity index (χ0) is 30.6. The Hall–Kier alpha value is -2.42. The molecule has 6 rings (SSSR count). The summed E-state index contributed by atoms with van der Waals surface area (Å²) < 4.78 is 35.1. The number of fused-ring (bicyclic) bond motifs is 2. The number of rotatable bonds is 4. The fourth-order valence-electron chi connectivity index (χ4n) is 7.76. The predicted octanol–water partition coefficient (Wildman–Crippen LogP) is 6.63. The summed E-state index contributed by atoms with van der Waals surface area (Å²) in [6.45, 7) is 10.2. The first-order valence-corrected chi connectivity index (χ1v) is 18.2. The molecule has 0 spiro atoms. The maximum Gasteiger partial charge on any atom is 0.263 e. The first-order chi connectivity index (χ1) is 21.4. The van der Waals surface area contributed by atoms with Gasteiger partial charge in [0, 0.05) is 30.5 Å². The first kappa shape index (κ1) is 31.6. The highest BCUT2D eigenvalue weighted by Crippen LogP contribution is 2.47. The highest BCUT2D eigenvalue weighted by molar-refractivity contribution is 7.84. The third-order valence-corrected chi connectivity index (χ3v) is 12.2. The van der Waals surface area contributed by atoms with Gasteiger partial charge in [-0.25, -0.2) is 4.21 Å². The number of amides is 1. The van der Waals surface area contributed by atoms with Crippen LogP contribution in [0.4, 0.5) is 5.69 Å². The molecule has 1 amide bonds. The highest BCUT2D eigenvalue weighted by atomic mass is 32.2. The van der Waals surface area contributed by atoms with E-state index in [-0.39, 0.29) is 29.3 Å². The lowest BCUT2D eigenvalue weighted by Crippen LogP contribution is -2.47. The van der Waals surface area contributed by atoms with Crippen LogP contribution >= 0.6 is 0 Å². The number of hydrogen-bond acceptors (Lipinski definition) is 6. The Morgan fingerprint density at radius 2 is 1.77 bits per heavy atom. The summed E-state index contributed by atoms with van der Waals surface area (Å²) in [5.41, 5.74) is 4.23. The molecule has 2 aromatic rings. The molecule has 0 aromatic heterocycles. The third-order valence-electron chi connectivity index (χ3n) is 10.7. The molecule has 2 fully saturated rings. The topological polar surface area (TPSA) is 77.1 Å². The van der Waals surface area contributed by atoms with Crippen LogP contribution < -0.4 is 14.4 Å². The van der Waals surface area contributed by atoms with Crippen molar-refractivity contribution in [3.05, 3.63) is 59.2 Å². The molecule has 0 radical (unpaired) electrons. The zero-order valence-corrected chi connectivity index (χ0v) is 27.5. The molecular formula is C36H50N2O5S. The Labute approximate surface area is 266 Å². The van der Waals surface area contributed by atoms with Gasteiger partial charge in [-0.3, -0.25) is 9.52 Å². The minimum absolute atomic E-state index is 0.142. The highest BCUT2D eigenvalue weighted by Gasteiger charge is 2.43. The van der Waals surface area contributed by atoms with Crippen LogP contribution in [0, 0.1) is 23.7 Å². The number of anilines is 1. The number of carbonyl (C=O) groups excluding carboxylic acids is 1. The van der Waals surface area contributed by atoms with Crippen LogP contribution in [-0.4, -0.2) is 54.6 Å². The first-order valence-electron chi connectivity index (χ1n) is 17.0. The van der Waals surface area contributed by atoms with Crippen molar-refractivity contribution in [2.45, 2.75) is 89.6 Å². The number of ether oxygens (including phenoxy) is 3. The Bertz CT molecular complexity index is 1310. The fourth-order valence-corrected chi connectivity index (χ4v) is 8.81. The number of benzene rings is 2. The molecule has 2 aromatic carbocycles. The monoisotopic (exact) mass is 622 g/mol. The van der Waals surface area contributed by atoms with Gasteiger partial charge in [-0.05, 0) is 92.5 Å². The smallest absolute Gasteiger partial charge is 0.263 e. The number of carbonyl (C=O) groups is 1. The number of nitrogens with one attached hydrogen (secondary N) is 1. The third kappa shape index (κ3) is 6.87. The predicted molar refractivity (Wildman–Crippen MR) is 175 cm³/mol. The molecule has 1 saturated heterocycles. The molecule has 44 heavy (non-hydrogen) atoms. The second kappa shape index (κ2) is 14.3. The Morgan fingerprint density at radius 1 is 0.955 bits per heavy atom. The molecule has 8 heteroatoms. The molecule has 7 atom stereocenters. The Kier molecular flexibility index (Phi) is 10.3. The molecular weight excluding hydrogens is 572 g/mol. The van der Waals surface area contributed by atoms with Gasteiger partial charge in [0.05, 0.1) is 30.8 Å². The second-order valence-corrected chi connectivity index (χ2v) is 15.1. The van der Waals surface area contributed by atoms with Crippen molar-refractivity contribution in [3.8, 4) is 5.75 Å². The van der Waals surface area contributed by atoms with Gasteiger partial charge in [0.1, 0.15) is 16.7 Å². The van der Waals surface area contributed by atoms with Gasteiger partial charge >= 0.3 is 0 Å². The van der Waals surface area contributed by atoms with E-state index in [9.17, 15) is 9.00 Å². The Morgan fingerprint density at radius 3 is 2.55 bits per heavy atom. The average Bonchev–Trinajstić information content (AvgIpc) is 3.21. The summed E-state index contributed by atoms with van der Waals surface area (Å²) in [5, 5.41) is -0.145. The molecule has 1 saturated carbocycles. The summed E-state index contributed by atoms with van der Waals surface area (Å²) >= 11 is 0. The van der Waals surface area contributed by atoms with Gasteiger partial charge in [0.25, 0.3) is 5.91 Å². The molecule has 2 bridgehead atoms. The van der Waals surface area contributed by atoms with Gasteiger partial charge in [-0.1, -0.05) is 51.0 Å². The minimum Gasteiger partial charge on any atom is -0.491 e. The second-order valence-electron chi connectivity index (χ2n) is 13.5. The molecule has 240 valence electrons. The van der Waals surface area contributed by atoms with Gasteiger partial charge in [-0.15, -0.1) is 0 Å². The van der Waals surface area contributed by atoms with Crippen LogP contribution in [-0.2, 0) is 26.9 Å². The molecule has 3 heterocycles. The standard InChI is InChI=1S/C36H50N2O5S/c1-4-9-26-11-5-6-12-30(26)29-22-38-21-28-14-16-31(28)32(36-41-18-8-19-42-36)13-7-10-24(2)25(3)44(40)37-35(39)27-15-17-34(43-23-29)33(38)20-27/h5-6,11-12,15,17,20,24-25,28-29,31-32,36H,4,7-10,13-14,16,18-19,21-23H2,1-3H3,(H,37,39). The summed E-state index contributed by atoms with van der Waals surface area (Å²) in [5.74, 6) is 2.34. The summed E-state index contributed by atoms with van der Waals surface area (Å²) in [6.07, 6.45) is 8.37. The van der Waals surface area contributed by atoms with Crippen LogP contribution in [0.2, 0.25) is 0 Å². The van der Waals surface area contributed by atoms with Gasteiger partial charge in [0.2, 0.25) is 0 Å². The van der Waals surface area contributed by atoms with Crippen LogP contribution in [0.5, 0.6) is 5.75 Å². The van der Waals surface area contributed by atoms with Gasteiger partial charge in [-0.2, -0.15) is 0 Å². The van der Waals surface area contributed by atoms with E-state index in [1.807, 2.05) is 25.1 Å². The summed E-state index contributed by atoms with van der Waals surface area (Å²) in [6, 6.07) is 14.5. The van der Waals surface area contributed by atoms with E-state index >= 15 is 0 Å². The van der Waals surface area contributed by atoms with Crippen LogP contribution in [0.1, 0.15) is 93.1 Å². The molecule has 3 aliphatic heterocycles. The van der Waals surface area contributed by atoms with Crippen LogP contribution in [0.15, 0.2) is 42.5 Å². The van der Waals surface area contributed by atoms with E-state index in [4.69, 9.17) is 14.2 Å². The van der Waals surface area contributed by atoms with Crippen molar-refractivity contribution in [1.29, 1.82) is 0 Å². The quantitative estimate of drug-likeness (QED) is 0.413. The Balaban J connectivity index is 1.36. The van der Waals surface area contributed by atoms with Crippen molar-refractivity contribution in [3.63, 3.8) is 0 Å². The van der Waals surface area contributed by atoms with Crippen LogP contribution in [0.3, 0.4) is 0 Å². The molecule has 4 aliphatic rings.